The molecule has 11 heteroatoms. The maximum atomic E-state index is 12.2. The number of ether oxygens (including phenoxy) is 1. The number of nitrogens with one attached hydrogen (secondary N) is 2. The molecule has 0 saturated heterocycles. The van der Waals surface area contributed by atoms with Gasteiger partial charge in [-0.25, -0.2) is 9.78 Å². The molecule has 10 nitrogen and oxygen atoms in total. The van der Waals surface area contributed by atoms with Crippen molar-refractivity contribution < 1.29 is 14.6 Å². The third-order valence-corrected chi connectivity index (χ3v) is 6.42. The zero-order chi connectivity index (χ0) is 23.9. The van der Waals surface area contributed by atoms with Crippen molar-refractivity contribution in [1.29, 1.82) is 0 Å². The Kier molecular flexibility index (Phi) is 7.86. The van der Waals surface area contributed by atoms with Crippen LogP contribution >= 0.6 is 11.3 Å². The van der Waals surface area contributed by atoms with Gasteiger partial charge in [-0.15, -0.1) is 0 Å². The van der Waals surface area contributed by atoms with Gasteiger partial charge < -0.3 is 20.1 Å². The molecule has 0 aliphatic carbocycles. The number of esters is 1. The normalized spacial score (nSPS) is 12.5. The Hall–Kier alpha value is -3.31. The number of carbonyl (C=O) groups is 1. The molecule has 1 aliphatic heterocycles. The van der Waals surface area contributed by atoms with Crippen molar-refractivity contribution in [2.45, 2.75) is 39.7 Å². The number of carbonyl (C=O) groups excluding carboxylic acids is 1. The van der Waals surface area contributed by atoms with E-state index in [2.05, 4.69) is 31.6 Å². The van der Waals surface area contributed by atoms with Gasteiger partial charge in [-0.3, -0.25) is 10.3 Å². The molecule has 1 aliphatic rings. The van der Waals surface area contributed by atoms with E-state index >= 15 is 0 Å². The summed E-state index contributed by atoms with van der Waals surface area (Å²) in [6, 6.07) is 3.98. The van der Waals surface area contributed by atoms with Gasteiger partial charge in [0.25, 0.3) is 0 Å². The number of hydrogen-bond donors (Lipinski definition) is 3. The van der Waals surface area contributed by atoms with Gasteiger partial charge in [0.15, 0.2) is 5.13 Å². The summed E-state index contributed by atoms with van der Waals surface area (Å²) in [7, 11) is 0. The van der Waals surface area contributed by atoms with E-state index in [1.165, 1.54) is 11.3 Å². The lowest BCUT2D eigenvalue weighted by atomic mass is 10.2. The maximum absolute atomic E-state index is 12.2. The first-order chi connectivity index (χ1) is 16.6. The number of thiazole rings is 1. The molecule has 0 bridgehead atoms. The highest BCUT2D eigenvalue weighted by molar-refractivity contribution is 7.17. The van der Waals surface area contributed by atoms with Crippen LogP contribution in [0, 0.1) is 6.92 Å². The molecule has 3 aromatic heterocycles. The molecule has 180 valence electrons. The van der Waals surface area contributed by atoms with Gasteiger partial charge in [-0.2, -0.15) is 9.97 Å². The molecule has 0 amide bonds. The topological polar surface area (TPSA) is 125 Å². The van der Waals surface area contributed by atoms with Gasteiger partial charge >= 0.3 is 5.97 Å². The van der Waals surface area contributed by atoms with Crippen LogP contribution in [-0.4, -0.2) is 57.3 Å². The second-order valence-electron chi connectivity index (χ2n) is 7.87. The zero-order valence-corrected chi connectivity index (χ0v) is 20.2. The number of nitrogens with zero attached hydrogens (tertiary/aromatic N) is 5. The predicted octanol–water partition coefficient (Wildman–Crippen LogP) is 3.30. The van der Waals surface area contributed by atoms with Gasteiger partial charge in [-0.1, -0.05) is 17.4 Å². The molecule has 0 aromatic carbocycles. The van der Waals surface area contributed by atoms with Crippen molar-refractivity contribution in [3.05, 3.63) is 46.2 Å². The molecule has 0 fully saturated rings. The summed E-state index contributed by atoms with van der Waals surface area (Å²) in [6.07, 6.45) is 6.03. The van der Waals surface area contributed by atoms with Crippen molar-refractivity contribution in [2.24, 2.45) is 0 Å². The predicted molar refractivity (Wildman–Crippen MR) is 132 cm³/mol. The van der Waals surface area contributed by atoms with Crippen molar-refractivity contribution in [1.82, 2.24) is 19.9 Å². The van der Waals surface area contributed by atoms with Crippen LogP contribution in [0.25, 0.3) is 0 Å². The molecule has 0 spiro atoms. The molecule has 0 unspecified atom stereocenters. The first-order valence-electron chi connectivity index (χ1n) is 11.4. The van der Waals surface area contributed by atoms with Crippen LogP contribution in [-0.2, 0) is 17.7 Å². The molecule has 0 saturated carbocycles. The SMILES string of the molecule is CCOC(=O)c1sc(Nc2nc(NCCCCO)c3c(n2)N(Cc2cccnc2)CC3)nc1C. The number of aryl methyl sites for hydroxylation is 1. The fraction of sp³-hybridized carbons (Fsp3) is 0.435. The van der Waals surface area contributed by atoms with Crippen LogP contribution in [0.1, 0.15) is 46.3 Å². The number of fused-ring (bicyclic) bond motifs is 1. The molecule has 34 heavy (non-hydrogen) atoms. The highest BCUT2D eigenvalue weighted by Crippen LogP contribution is 2.34. The Bertz CT molecular complexity index is 1120. The molecule has 4 rings (SSSR count). The Morgan fingerprint density at radius 2 is 2.18 bits per heavy atom. The second-order valence-corrected chi connectivity index (χ2v) is 8.87. The number of pyridine rings is 1. The molecular formula is C23H29N7O3S. The van der Waals surface area contributed by atoms with Crippen LogP contribution in [0.3, 0.4) is 0 Å². The minimum atomic E-state index is -0.380. The Balaban J connectivity index is 1.60. The van der Waals surface area contributed by atoms with Crippen LogP contribution in [0.5, 0.6) is 0 Å². The van der Waals surface area contributed by atoms with E-state index in [0.29, 0.717) is 41.3 Å². The van der Waals surface area contributed by atoms with E-state index in [1.807, 2.05) is 12.3 Å². The monoisotopic (exact) mass is 483 g/mol. The Labute approximate surface area is 202 Å². The van der Waals surface area contributed by atoms with Crippen LogP contribution in [0.15, 0.2) is 24.5 Å². The molecule has 0 radical (unpaired) electrons. The van der Waals surface area contributed by atoms with E-state index in [4.69, 9.17) is 19.8 Å². The minimum absolute atomic E-state index is 0.168. The number of aliphatic hydroxyl groups excluding tert-OH is 1. The van der Waals surface area contributed by atoms with E-state index in [-0.39, 0.29) is 12.6 Å². The summed E-state index contributed by atoms with van der Waals surface area (Å²) in [4.78, 5) is 33.1. The zero-order valence-electron chi connectivity index (χ0n) is 19.4. The third-order valence-electron chi connectivity index (χ3n) is 5.37. The fourth-order valence-corrected chi connectivity index (χ4v) is 4.61. The Morgan fingerprint density at radius 1 is 1.29 bits per heavy atom. The molecule has 4 heterocycles. The van der Waals surface area contributed by atoms with Crippen molar-refractivity contribution in [2.75, 3.05) is 41.8 Å². The fourth-order valence-electron chi connectivity index (χ4n) is 3.76. The second kappa shape index (κ2) is 11.2. The highest BCUT2D eigenvalue weighted by Gasteiger charge is 2.26. The van der Waals surface area contributed by atoms with Crippen LogP contribution < -0.4 is 15.5 Å². The third kappa shape index (κ3) is 5.60. The lowest BCUT2D eigenvalue weighted by Crippen LogP contribution is -2.21. The molecule has 0 atom stereocenters. The van der Waals surface area contributed by atoms with Gasteiger partial charge in [-0.05, 0) is 44.7 Å². The van der Waals surface area contributed by atoms with Crippen LogP contribution in [0.2, 0.25) is 0 Å². The molecule has 3 N–H and O–H groups in total. The first kappa shape index (κ1) is 23.8. The molecule has 3 aromatic rings. The van der Waals surface area contributed by atoms with Gasteiger partial charge in [0, 0.05) is 44.2 Å². The van der Waals surface area contributed by atoms with E-state index in [9.17, 15) is 4.79 Å². The standard InChI is InChI=1S/C23H29N7O3S/c1-3-33-21(32)18-15(2)26-23(34-18)29-22-27-19(25-10-4-5-12-31)17-8-11-30(20(17)28-22)14-16-7-6-9-24-13-16/h6-7,9,13,31H,3-5,8,10-12,14H2,1-2H3,(H2,25,26,27,28,29). The van der Waals surface area contributed by atoms with Crippen LogP contribution in [0.4, 0.5) is 22.7 Å². The molecular weight excluding hydrogens is 454 g/mol. The maximum Gasteiger partial charge on any atom is 0.350 e. The highest BCUT2D eigenvalue weighted by atomic mass is 32.1. The van der Waals surface area contributed by atoms with Gasteiger partial charge in [0.1, 0.15) is 16.5 Å². The summed E-state index contributed by atoms with van der Waals surface area (Å²) >= 11 is 1.22. The summed E-state index contributed by atoms with van der Waals surface area (Å²) in [5.74, 6) is 1.67. The van der Waals surface area contributed by atoms with Gasteiger partial charge in [0.2, 0.25) is 5.95 Å². The van der Waals surface area contributed by atoms with Crippen molar-refractivity contribution >= 4 is 40.0 Å². The minimum Gasteiger partial charge on any atom is -0.462 e. The smallest absolute Gasteiger partial charge is 0.350 e. The number of hydrogen-bond acceptors (Lipinski definition) is 11. The van der Waals surface area contributed by atoms with Gasteiger partial charge in [0.05, 0.1) is 12.3 Å². The number of anilines is 4. The van der Waals surface area contributed by atoms with E-state index in [0.717, 1.165) is 48.6 Å². The van der Waals surface area contributed by atoms with E-state index in [1.54, 1.807) is 20.0 Å². The summed E-state index contributed by atoms with van der Waals surface area (Å²) < 4.78 is 5.12. The lowest BCUT2D eigenvalue weighted by Gasteiger charge is -2.19. The summed E-state index contributed by atoms with van der Waals surface area (Å²) in [6.45, 7) is 6.27. The Morgan fingerprint density at radius 3 is 2.94 bits per heavy atom. The number of aliphatic hydroxyl groups is 1. The average Bonchev–Trinajstić information content (AvgIpc) is 3.40. The number of unbranched alkanes of at least 4 members (excludes halogenated alkanes) is 1. The van der Waals surface area contributed by atoms with Crippen molar-refractivity contribution in [3.63, 3.8) is 0 Å². The first-order valence-corrected chi connectivity index (χ1v) is 12.2. The largest absolute Gasteiger partial charge is 0.462 e. The average molecular weight is 484 g/mol. The summed E-state index contributed by atoms with van der Waals surface area (Å²) in [5.41, 5.74) is 2.78. The van der Waals surface area contributed by atoms with Crippen molar-refractivity contribution in [3.8, 4) is 0 Å². The number of rotatable bonds is 11. The lowest BCUT2D eigenvalue weighted by molar-refractivity contribution is 0.0531. The quantitative estimate of drug-likeness (QED) is 0.276. The number of aromatic nitrogens is 4. The van der Waals surface area contributed by atoms with E-state index < -0.39 is 0 Å². The summed E-state index contributed by atoms with van der Waals surface area (Å²) in [5, 5.41) is 16.2.